The smallest absolute Gasteiger partial charge is 0.244 e. The Morgan fingerprint density at radius 3 is 2.40 bits per heavy atom. The minimum Gasteiger partial charge on any atom is -0.354 e. The van der Waals surface area contributed by atoms with E-state index in [1.807, 2.05) is 55.5 Å². The number of amides is 1. The average Bonchev–Trinajstić information content (AvgIpc) is 2.82. The summed E-state index contributed by atoms with van der Waals surface area (Å²) in [4.78, 5) is 13.6. The second-order valence-corrected chi connectivity index (χ2v) is 10.9. The van der Waals surface area contributed by atoms with Gasteiger partial charge in [0.15, 0.2) is 0 Å². The summed E-state index contributed by atoms with van der Waals surface area (Å²) >= 11 is 0. The monoisotopic (exact) mass is 487 g/mol. The molecular formula is C28H29N3O3S. The zero-order chi connectivity index (χ0) is 25.2. The van der Waals surface area contributed by atoms with Crippen molar-refractivity contribution in [3.8, 4) is 6.07 Å². The van der Waals surface area contributed by atoms with Gasteiger partial charge in [-0.2, -0.15) is 9.57 Å². The summed E-state index contributed by atoms with van der Waals surface area (Å²) in [7, 11) is -3.93. The Kier molecular flexibility index (Phi) is 7.06. The fourth-order valence-electron chi connectivity index (χ4n) is 4.91. The van der Waals surface area contributed by atoms with Gasteiger partial charge in [-0.15, -0.1) is 0 Å². The van der Waals surface area contributed by atoms with Crippen LogP contribution in [0.4, 0.5) is 0 Å². The molecule has 180 valence electrons. The predicted octanol–water partition coefficient (Wildman–Crippen LogP) is 3.96. The molecule has 4 rings (SSSR count). The third kappa shape index (κ3) is 5.14. The van der Waals surface area contributed by atoms with Gasteiger partial charge in [-0.25, -0.2) is 8.42 Å². The summed E-state index contributed by atoms with van der Waals surface area (Å²) in [6.45, 7) is 6.04. The molecule has 0 aromatic heterocycles. The molecule has 6 nitrogen and oxygen atoms in total. The first-order chi connectivity index (χ1) is 16.7. The summed E-state index contributed by atoms with van der Waals surface area (Å²) in [6, 6.07) is 19.9. The summed E-state index contributed by atoms with van der Waals surface area (Å²) in [6.07, 6.45) is 0.864. The molecule has 0 saturated heterocycles. The lowest BCUT2D eigenvalue weighted by molar-refractivity contribution is -0.125. The van der Waals surface area contributed by atoms with E-state index in [2.05, 4.69) is 11.4 Å². The van der Waals surface area contributed by atoms with Crippen molar-refractivity contribution in [3.05, 3.63) is 99.6 Å². The van der Waals surface area contributed by atoms with E-state index in [1.165, 1.54) is 4.31 Å². The van der Waals surface area contributed by atoms with E-state index in [1.54, 1.807) is 26.0 Å². The highest BCUT2D eigenvalue weighted by Crippen LogP contribution is 2.32. The second kappa shape index (κ2) is 10.0. The number of aryl methyl sites for hydroxylation is 3. The van der Waals surface area contributed by atoms with Crippen LogP contribution in [0.15, 0.2) is 65.6 Å². The SMILES string of the molecule is Cc1cc(C)c(S(=O)(=O)N2Cc3ccccc3CC2C(=O)NCCc2cccc(C#N)c2)c(C)c1. The van der Waals surface area contributed by atoms with Crippen molar-refractivity contribution in [2.75, 3.05) is 6.54 Å². The van der Waals surface area contributed by atoms with Gasteiger partial charge in [0.2, 0.25) is 15.9 Å². The van der Waals surface area contributed by atoms with Gasteiger partial charge in [-0.05, 0) is 73.6 Å². The number of nitrogens with one attached hydrogen (secondary N) is 1. The zero-order valence-electron chi connectivity index (χ0n) is 20.2. The number of hydrogen-bond acceptors (Lipinski definition) is 4. The number of nitrogens with zero attached hydrogens (tertiary/aromatic N) is 2. The summed E-state index contributed by atoms with van der Waals surface area (Å²) in [5.41, 5.74) is 5.76. The maximum atomic E-state index is 13.9. The van der Waals surface area contributed by atoms with E-state index in [-0.39, 0.29) is 17.3 Å². The minimum atomic E-state index is -3.93. The molecule has 7 heteroatoms. The maximum Gasteiger partial charge on any atom is 0.244 e. The van der Waals surface area contributed by atoms with Crippen LogP contribution in [-0.2, 0) is 34.2 Å². The largest absolute Gasteiger partial charge is 0.354 e. The van der Waals surface area contributed by atoms with E-state index < -0.39 is 16.1 Å². The van der Waals surface area contributed by atoms with Crippen molar-refractivity contribution < 1.29 is 13.2 Å². The molecule has 0 spiro atoms. The summed E-state index contributed by atoms with van der Waals surface area (Å²) in [5, 5.41) is 12.0. The second-order valence-electron chi connectivity index (χ2n) is 9.12. The van der Waals surface area contributed by atoms with E-state index in [9.17, 15) is 13.2 Å². The molecule has 35 heavy (non-hydrogen) atoms. The number of sulfonamides is 1. The Bertz CT molecular complexity index is 1400. The van der Waals surface area contributed by atoms with Crippen molar-refractivity contribution >= 4 is 15.9 Å². The highest BCUT2D eigenvalue weighted by molar-refractivity contribution is 7.89. The van der Waals surface area contributed by atoms with Crippen molar-refractivity contribution in [1.29, 1.82) is 5.26 Å². The van der Waals surface area contributed by atoms with Gasteiger partial charge in [0.1, 0.15) is 6.04 Å². The zero-order valence-corrected chi connectivity index (χ0v) is 21.0. The van der Waals surface area contributed by atoms with Crippen LogP contribution in [-0.4, -0.2) is 31.2 Å². The van der Waals surface area contributed by atoms with Crippen LogP contribution in [0.1, 0.15) is 38.9 Å². The Hall–Kier alpha value is -3.47. The quantitative estimate of drug-likeness (QED) is 0.570. The van der Waals surface area contributed by atoms with Gasteiger partial charge in [-0.3, -0.25) is 4.79 Å². The highest BCUT2D eigenvalue weighted by Gasteiger charge is 2.40. The van der Waals surface area contributed by atoms with Gasteiger partial charge in [0.05, 0.1) is 16.5 Å². The van der Waals surface area contributed by atoms with Crippen molar-refractivity contribution in [1.82, 2.24) is 9.62 Å². The molecule has 1 unspecified atom stereocenters. The van der Waals surface area contributed by atoms with Gasteiger partial charge in [0, 0.05) is 13.1 Å². The number of hydrogen-bond donors (Lipinski definition) is 1. The van der Waals surface area contributed by atoms with Crippen molar-refractivity contribution in [2.45, 2.75) is 51.1 Å². The topological polar surface area (TPSA) is 90.3 Å². The third-order valence-electron chi connectivity index (χ3n) is 6.45. The normalized spacial score (nSPS) is 15.8. The number of rotatable bonds is 6. The standard InChI is InChI=1S/C28H29N3O3S/c1-19-13-20(2)27(21(3)14-19)35(33,34)31-18-25-10-5-4-9-24(25)16-26(31)28(32)30-12-11-22-7-6-8-23(15-22)17-29/h4-10,13-15,26H,11-12,16,18H2,1-3H3,(H,30,32). The van der Waals surface area contributed by atoms with Crippen LogP contribution in [0, 0.1) is 32.1 Å². The van der Waals surface area contributed by atoms with E-state index in [0.717, 1.165) is 22.3 Å². The highest BCUT2D eigenvalue weighted by atomic mass is 32.2. The Labute approximate surface area is 207 Å². The van der Waals surface area contributed by atoms with E-state index in [4.69, 9.17) is 5.26 Å². The molecule has 0 aliphatic carbocycles. The Balaban J connectivity index is 1.62. The fourth-order valence-corrected chi connectivity index (χ4v) is 6.89. The lowest BCUT2D eigenvalue weighted by atomic mass is 9.95. The van der Waals surface area contributed by atoms with Gasteiger partial charge < -0.3 is 5.32 Å². The Morgan fingerprint density at radius 1 is 1.03 bits per heavy atom. The molecule has 1 aliphatic heterocycles. The lowest BCUT2D eigenvalue weighted by Gasteiger charge is -2.35. The molecule has 1 amide bonds. The molecule has 3 aromatic rings. The molecule has 3 aromatic carbocycles. The molecule has 0 saturated carbocycles. The number of carbonyl (C=O) groups excluding carboxylic acids is 1. The van der Waals surface area contributed by atoms with Gasteiger partial charge >= 0.3 is 0 Å². The third-order valence-corrected chi connectivity index (χ3v) is 8.61. The number of nitriles is 1. The Morgan fingerprint density at radius 2 is 1.71 bits per heavy atom. The van der Waals surface area contributed by atoms with Gasteiger partial charge in [0.25, 0.3) is 0 Å². The first-order valence-corrected chi connectivity index (χ1v) is 13.1. The molecule has 1 heterocycles. The average molecular weight is 488 g/mol. The lowest BCUT2D eigenvalue weighted by Crippen LogP contribution is -2.52. The van der Waals surface area contributed by atoms with Crippen LogP contribution in [0.3, 0.4) is 0 Å². The van der Waals surface area contributed by atoms with Crippen LogP contribution in [0.25, 0.3) is 0 Å². The summed E-state index contributed by atoms with van der Waals surface area (Å²) in [5.74, 6) is -0.318. The number of benzene rings is 3. The molecular weight excluding hydrogens is 458 g/mol. The molecule has 1 atom stereocenters. The first-order valence-electron chi connectivity index (χ1n) is 11.6. The van der Waals surface area contributed by atoms with Gasteiger partial charge in [-0.1, -0.05) is 54.1 Å². The van der Waals surface area contributed by atoms with Crippen LogP contribution < -0.4 is 5.32 Å². The minimum absolute atomic E-state index is 0.146. The number of fused-ring (bicyclic) bond motifs is 1. The van der Waals surface area contributed by atoms with Crippen molar-refractivity contribution in [3.63, 3.8) is 0 Å². The van der Waals surface area contributed by atoms with Crippen molar-refractivity contribution in [2.24, 2.45) is 0 Å². The molecule has 1 N–H and O–H groups in total. The summed E-state index contributed by atoms with van der Waals surface area (Å²) < 4.78 is 29.2. The first kappa shape index (κ1) is 24.6. The molecule has 0 fully saturated rings. The van der Waals surface area contributed by atoms with Crippen LogP contribution in [0.2, 0.25) is 0 Å². The number of carbonyl (C=O) groups is 1. The molecule has 1 aliphatic rings. The van der Waals surface area contributed by atoms with E-state index >= 15 is 0 Å². The molecule has 0 bridgehead atoms. The fraction of sp³-hybridized carbons (Fsp3) is 0.286. The van der Waals surface area contributed by atoms with Crippen LogP contribution >= 0.6 is 0 Å². The van der Waals surface area contributed by atoms with E-state index in [0.29, 0.717) is 36.1 Å². The molecule has 0 radical (unpaired) electrons. The predicted molar refractivity (Wildman–Crippen MR) is 135 cm³/mol. The van der Waals surface area contributed by atoms with Crippen LogP contribution in [0.5, 0.6) is 0 Å². The maximum absolute atomic E-state index is 13.9.